The molecule has 0 saturated carbocycles. The van der Waals surface area contributed by atoms with E-state index < -0.39 is 11.7 Å². The second-order valence-electron chi connectivity index (χ2n) is 5.54. The number of anilines is 2. The first-order valence-electron chi connectivity index (χ1n) is 7.70. The number of morpholine rings is 1. The number of hydrogen-bond donors (Lipinski definition) is 1. The standard InChI is InChI=1S/C17H16F3N3O2/c18-17(19,20)14-3-1-2-4-15(14)22-13-9-12(10-21-11-13)16(24)23-5-7-25-8-6-23/h1-4,9-11,22H,5-8H2. The van der Waals surface area contributed by atoms with Gasteiger partial charge in [0.1, 0.15) is 0 Å². The molecule has 1 aromatic carbocycles. The topological polar surface area (TPSA) is 54.5 Å². The van der Waals surface area contributed by atoms with Gasteiger partial charge in [0.15, 0.2) is 0 Å². The van der Waals surface area contributed by atoms with E-state index in [9.17, 15) is 18.0 Å². The van der Waals surface area contributed by atoms with E-state index in [0.29, 0.717) is 37.6 Å². The third kappa shape index (κ3) is 4.08. The summed E-state index contributed by atoms with van der Waals surface area (Å²) in [6.07, 6.45) is -1.69. The Labute approximate surface area is 142 Å². The summed E-state index contributed by atoms with van der Waals surface area (Å²) in [4.78, 5) is 18.1. The summed E-state index contributed by atoms with van der Waals surface area (Å²) in [6, 6.07) is 6.66. The second-order valence-corrected chi connectivity index (χ2v) is 5.54. The lowest BCUT2D eigenvalue weighted by Crippen LogP contribution is -2.40. The zero-order chi connectivity index (χ0) is 17.9. The molecule has 132 valence electrons. The molecule has 1 fully saturated rings. The summed E-state index contributed by atoms with van der Waals surface area (Å²) in [5.74, 6) is -0.219. The first-order chi connectivity index (χ1) is 11.9. The minimum atomic E-state index is -4.47. The van der Waals surface area contributed by atoms with Crippen molar-refractivity contribution in [3.05, 3.63) is 53.9 Å². The van der Waals surface area contributed by atoms with Crippen LogP contribution in [0.2, 0.25) is 0 Å². The van der Waals surface area contributed by atoms with Crippen LogP contribution in [0, 0.1) is 0 Å². The number of benzene rings is 1. The number of nitrogens with one attached hydrogen (secondary N) is 1. The van der Waals surface area contributed by atoms with Crippen LogP contribution in [-0.2, 0) is 10.9 Å². The molecular weight excluding hydrogens is 335 g/mol. The molecule has 1 aliphatic heterocycles. The number of aromatic nitrogens is 1. The molecule has 5 nitrogen and oxygen atoms in total. The van der Waals surface area contributed by atoms with E-state index in [1.807, 2.05) is 0 Å². The van der Waals surface area contributed by atoms with E-state index in [0.717, 1.165) is 6.07 Å². The predicted octanol–water partition coefficient (Wildman–Crippen LogP) is 3.32. The molecule has 0 unspecified atom stereocenters. The fraction of sp³-hybridized carbons (Fsp3) is 0.294. The van der Waals surface area contributed by atoms with Crippen LogP contribution in [-0.4, -0.2) is 42.1 Å². The van der Waals surface area contributed by atoms with Crippen molar-refractivity contribution in [2.45, 2.75) is 6.18 Å². The summed E-state index contributed by atoms with van der Waals surface area (Å²) in [5, 5.41) is 2.70. The monoisotopic (exact) mass is 351 g/mol. The van der Waals surface area contributed by atoms with Crippen LogP contribution in [0.1, 0.15) is 15.9 Å². The largest absolute Gasteiger partial charge is 0.418 e. The van der Waals surface area contributed by atoms with Crippen LogP contribution in [0.4, 0.5) is 24.5 Å². The van der Waals surface area contributed by atoms with Gasteiger partial charge < -0.3 is 15.0 Å². The molecule has 0 spiro atoms. The molecule has 0 bridgehead atoms. The summed E-state index contributed by atoms with van der Waals surface area (Å²) < 4.78 is 44.4. The first kappa shape index (κ1) is 17.2. The SMILES string of the molecule is O=C(c1cncc(Nc2ccccc2C(F)(F)F)c1)N1CCOCC1. The van der Waals surface area contributed by atoms with Crippen molar-refractivity contribution >= 4 is 17.3 Å². The maximum absolute atomic E-state index is 13.1. The number of halogens is 3. The second kappa shape index (κ2) is 7.10. The van der Waals surface area contributed by atoms with E-state index in [2.05, 4.69) is 10.3 Å². The number of alkyl halides is 3. The molecule has 1 aromatic heterocycles. The van der Waals surface area contributed by atoms with Gasteiger partial charge in [0, 0.05) is 19.3 Å². The lowest BCUT2D eigenvalue weighted by Gasteiger charge is -2.26. The maximum atomic E-state index is 13.1. The van der Waals surface area contributed by atoms with Gasteiger partial charge in [-0.3, -0.25) is 9.78 Å². The van der Waals surface area contributed by atoms with Crippen molar-refractivity contribution in [2.75, 3.05) is 31.6 Å². The van der Waals surface area contributed by atoms with Crippen molar-refractivity contribution < 1.29 is 22.7 Å². The minimum Gasteiger partial charge on any atom is -0.378 e. The average Bonchev–Trinajstić information content (AvgIpc) is 2.62. The fourth-order valence-electron chi connectivity index (χ4n) is 2.57. The molecule has 2 heterocycles. The third-order valence-corrected chi connectivity index (χ3v) is 3.79. The zero-order valence-electron chi connectivity index (χ0n) is 13.2. The van der Waals surface area contributed by atoms with E-state index in [-0.39, 0.29) is 11.6 Å². The quantitative estimate of drug-likeness (QED) is 0.922. The van der Waals surface area contributed by atoms with Gasteiger partial charge in [-0.25, -0.2) is 0 Å². The van der Waals surface area contributed by atoms with Gasteiger partial charge in [0.25, 0.3) is 5.91 Å². The van der Waals surface area contributed by atoms with Crippen LogP contribution in [0.5, 0.6) is 0 Å². The first-order valence-corrected chi connectivity index (χ1v) is 7.70. The Morgan fingerprint density at radius 2 is 1.88 bits per heavy atom. The molecule has 1 aliphatic rings. The Bertz CT molecular complexity index is 759. The normalized spacial score (nSPS) is 15.1. The third-order valence-electron chi connectivity index (χ3n) is 3.79. The van der Waals surface area contributed by atoms with Gasteiger partial charge in [-0.1, -0.05) is 12.1 Å². The minimum absolute atomic E-state index is 0.0900. The summed E-state index contributed by atoms with van der Waals surface area (Å²) in [6.45, 7) is 1.90. The van der Waals surface area contributed by atoms with Crippen molar-refractivity contribution in [2.24, 2.45) is 0 Å². The smallest absolute Gasteiger partial charge is 0.378 e. The molecule has 0 radical (unpaired) electrons. The number of carbonyl (C=O) groups is 1. The highest BCUT2D eigenvalue weighted by Gasteiger charge is 2.33. The summed E-state index contributed by atoms with van der Waals surface area (Å²) >= 11 is 0. The van der Waals surface area contributed by atoms with Crippen molar-refractivity contribution in [1.82, 2.24) is 9.88 Å². The van der Waals surface area contributed by atoms with Gasteiger partial charge in [-0.05, 0) is 18.2 Å². The van der Waals surface area contributed by atoms with Gasteiger partial charge in [-0.2, -0.15) is 13.2 Å². The molecule has 25 heavy (non-hydrogen) atoms. The molecule has 2 aromatic rings. The fourth-order valence-corrected chi connectivity index (χ4v) is 2.57. The molecule has 1 amide bonds. The van der Waals surface area contributed by atoms with Crippen LogP contribution < -0.4 is 5.32 Å². The molecule has 3 rings (SSSR count). The highest BCUT2D eigenvalue weighted by atomic mass is 19.4. The van der Waals surface area contributed by atoms with Gasteiger partial charge in [-0.15, -0.1) is 0 Å². The number of amides is 1. The van der Waals surface area contributed by atoms with E-state index in [1.165, 1.54) is 36.7 Å². The Kier molecular flexibility index (Phi) is 4.89. The number of carbonyl (C=O) groups excluding carboxylic acids is 1. The number of para-hydroxylation sites is 1. The molecular formula is C17H16F3N3O2. The Hall–Kier alpha value is -2.61. The average molecular weight is 351 g/mol. The predicted molar refractivity (Wildman–Crippen MR) is 85.7 cm³/mol. The van der Waals surface area contributed by atoms with Crippen molar-refractivity contribution in [3.8, 4) is 0 Å². The lowest BCUT2D eigenvalue weighted by molar-refractivity contribution is -0.136. The Balaban J connectivity index is 1.82. The summed E-state index contributed by atoms with van der Waals surface area (Å²) in [5.41, 5.74) is -0.236. The van der Waals surface area contributed by atoms with Crippen LogP contribution >= 0.6 is 0 Å². The zero-order valence-corrected chi connectivity index (χ0v) is 13.2. The molecule has 0 atom stereocenters. The maximum Gasteiger partial charge on any atom is 0.418 e. The highest BCUT2D eigenvalue weighted by Crippen LogP contribution is 2.35. The van der Waals surface area contributed by atoms with Crippen LogP contribution in [0.25, 0.3) is 0 Å². The van der Waals surface area contributed by atoms with Crippen molar-refractivity contribution in [1.29, 1.82) is 0 Å². The number of pyridine rings is 1. The number of ether oxygens (including phenoxy) is 1. The van der Waals surface area contributed by atoms with E-state index in [1.54, 1.807) is 4.90 Å². The van der Waals surface area contributed by atoms with Gasteiger partial charge in [0.2, 0.25) is 0 Å². The van der Waals surface area contributed by atoms with E-state index in [4.69, 9.17) is 4.74 Å². The molecule has 1 N–H and O–H groups in total. The molecule has 0 aliphatic carbocycles. The molecule has 8 heteroatoms. The van der Waals surface area contributed by atoms with Crippen LogP contribution in [0.15, 0.2) is 42.7 Å². The van der Waals surface area contributed by atoms with Gasteiger partial charge >= 0.3 is 6.18 Å². The molecule has 1 saturated heterocycles. The number of nitrogens with zero attached hydrogens (tertiary/aromatic N) is 2. The van der Waals surface area contributed by atoms with E-state index >= 15 is 0 Å². The number of hydrogen-bond acceptors (Lipinski definition) is 4. The highest BCUT2D eigenvalue weighted by molar-refractivity contribution is 5.95. The van der Waals surface area contributed by atoms with Gasteiger partial charge in [0.05, 0.1) is 41.9 Å². The Morgan fingerprint density at radius 3 is 2.60 bits per heavy atom. The number of rotatable bonds is 3. The van der Waals surface area contributed by atoms with Crippen molar-refractivity contribution in [3.63, 3.8) is 0 Å². The Morgan fingerprint density at radius 1 is 1.16 bits per heavy atom. The lowest BCUT2D eigenvalue weighted by atomic mass is 10.1. The summed E-state index contributed by atoms with van der Waals surface area (Å²) in [7, 11) is 0. The van der Waals surface area contributed by atoms with Crippen LogP contribution in [0.3, 0.4) is 0 Å².